The van der Waals surface area contributed by atoms with Gasteiger partial charge in [0.25, 0.3) is 0 Å². The first kappa shape index (κ1) is 13.6. The molecule has 2 aliphatic rings. The van der Waals surface area contributed by atoms with Crippen LogP contribution in [-0.4, -0.2) is 30.1 Å². The van der Waals surface area contributed by atoms with Crippen molar-refractivity contribution in [3.8, 4) is 6.07 Å². The zero-order chi connectivity index (χ0) is 14.3. The van der Waals surface area contributed by atoms with Crippen LogP contribution in [0.1, 0.15) is 37.9 Å². The van der Waals surface area contributed by atoms with E-state index in [1.54, 1.807) is 0 Å². The van der Waals surface area contributed by atoms with Crippen molar-refractivity contribution in [1.29, 1.82) is 5.26 Å². The second-order valence-corrected chi connectivity index (χ2v) is 6.74. The van der Waals surface area contributed by atoms with Crippen LogP contribution in [0.25, 0.3) is 0 Å². The molecular weight excluding hydrogens is 246 g/mol. The highest BCUT2D eigenvalue weighted by Crippen LogP contribution is 2.44. The molecular formula is C17H23N3. The van der Waals surface area contributed by atoms with Crippen LogP contribution in [0.15, 0.2) is 24.3 Å². The van der Waals surface area contributed by atoms with Crippen molar-refractivity contribution in [3.05, 3.63) is 35.4 Å². The Hall–Kier alpha value is -1.37. The topological polar surface area (TPSA) is 39.1 Å². The molecule has 0 spiro atoms. The van der Waals surface area contributed by atoms with E-state index in [9.17, 15) is 0 Å². The Balaban J connectivity index is 1.87. The maximum Gasteiger partial charge on any atom is 0.0991 e. The van der Waals surface area contributed by atoms with Gasteiger partial charge in [-0.3, -0.25) is 4.90 Å². The molecule has 1 aromatic carbocycles. The third-order valence-corrected chi connectivity index (χ3v) is 5.38. The maximum absolute atomic E-state index is 9.07. The lowest BCUT2D eigenvalue weighted by atomic mass is 9.84. The van der Waals surface area contributed by atoms with E-state index in [0.717, 1.165) is 37.0 Å². The van der Waals surface area contributed by atoms with Gasteiger partial charge in [0.05, 0.1) is 11.6 Å². The molecule has 2 heterocycles. The fourth-order valence-corrected chi connectivity index (χ4v) is 4.16. The van der Waals surface area contributed by atoms with Crippen LogP contribution in [0.2, 0.25) is 0 Å². The first-order chi connectivity index (χ1) is 9.54. The smallest absolute Gasteiger partial charge is 0.0991 e. The van der Waals surface area contributed by atoms with E-state index in [-0.39, 0.29) is 5.54 Å². The number of nitriles is 1. The molecule has 2 saturated heterocycles. The minimum atomic E-state index is 0.218. The van der Waals surface area contributed by atoms with E-state index < -0.39 is 0 Å². The molecule has 3 atom stereocenters. The zero-order valence-electron chi connectivity index (χ0n) is 12.6. The molecule has 2 fully saturated rings. The van der Waals surface area contributed by atoms with E-state index in [0.29, 0.717) is 6.04 Å². The molecule has 0 bridgehead atoms. The number of likely N-dealkylation sites (tertiary alicyclic amines) is 1. The van der Waals surface area contributed by atoms with Gasteiger partial charge in [0.2, 0.25) is 0 Å². The van der Waals surface area contributed by atoms with E-state index in [1.165, 1.54) is 5.56 Å². The Morgan fingerprint density at radius 2 is 2.20 bits per heavy atom. The summed E-state index contributed by atoms with van der Waals surface area (Å²) >= 11 is 0. The minimum Gasteiger partial charge on any atom is -0.316 e. The molecule has 3 rings (SSSR count). The lowest BCUT2D eigenvalue weighted by molar-refractivity contribution is 0.0970. The molecule has 3 nitrogen and oxygen atoms in total. The number of rotatable bonds is 2. The molecule has 3 unspecified atom stereocenters. The van der Waals surface area contributed by atoms with Gasteiger partial charge < -0.3 is 5.32 Å². The summed E-state index contributed by atoms with van der Waals surface area (Å²) in [6, 6.07) is 10.7. The van der Waals surface area contributed by atoms with E-state index in [2.05, 4.69) is 43.1 Å². The van der Waals surface area contributed by atoms with Gasteiger partial charge in [0.1, 0.15) is 0 Å². The molecule has 0 aromatic heterocycles. The van der Waals surface area contributed by atoms with Crippen molar-refractivity contribution in [2.75, 3.05) is 19.6 Å². The second kappa shape index (κ2) is 4.87. The van der Waals surface area contributed by atoms with E-state index in [1.807, 2.05) is 18.2 Å². The van der Waals surface area contributed by atoms with Gasteiger partial charge in [-0.25, -0.2) is 0 Å². The number of nitrogens with one attached hydrogen (secondary N) is 1. The van der Waals surface area contributed by atoms with Gasteiger partial charge in [-0.1, -0.05) is 12.1 Å². The van der Waals surface area contributed by atoms with E-state index in [4.69, 9.17) is 5.26 Å². The molecule has 3 heteroatoms. The largest absolute Gasteiger partial charge is 0.316 e. The van der Waals surface area contributed by atoms with Gasteiger partial charge in [-0.2, -0.15) is 5.26 Å². The molecule has 106 valence electrons. The van der Waals surface area contributed by atoms with Crippen LogP contribution >= 0.6 is 0 Å². The standard InChI is InChI=1S/C17H23N3/c1-12(14-6-4-5-13(7-14)8-18)20-11-15-9-19-10-16(15)17(20,2)3/h4-7,12,15-16,19H,9-11H2,1-3H3. The van der Waals surface area contributed by atoms with Crippen LogP contribution in [0.5, 0.6) is 0 Å². The summed E-state index contributed by atoms with van der Waals surface area (Å²) < 4.78 is 0. The third kappa shape index (κ3) is 2.04. The van der Waals surface area contributed by atoms with Crippen LogP contribution in [0.3, 0.4) is 0 Å². The van der Waals surface area contributed by atoms with Crippen molar-refractivity contribution >= 4 is 0 Å². The van der Waals surface area contributed by atoms with Crippen molar-refractivity contribution in [3.63, 3.8) is 0 Å². The Morgan fingerprint density at radius 1 is 1.40 bits per heavy atom. The Morgan fingerprint density at radius 3 is 2.90 bits per heavy atom. The van der Waals surface area contributed by atoms with Crippen LogP contribution in [0.4, 0.5) is 0 Å². The van der Waals surface area contributed by atoms with Gasteiger partial charge in [0, 0.05) is 24.7 Å². The highest BCUT2D eigenvalue weighted by Gasteiger charge is 2.50. The predicted octanol–water partition coefficient (Wildman–Crippen LogP) is 2.55. The third-order valence-electron chi connectivity index (χ3n) is 5.38. The van der Waals surface area contributed by atoms with E-state index >= 15 is 0 Å². The molecule has 1 aromatic rings. The highest BCUT2D eigenvalue weighted by atomic mass is 15.3. The number of nitrogens with zero attached hydrogens (tertiary/aromatic N) is 2. The van der Waals surface area contributed by atoms with Crippen LogP contribution in [-0.2, 0) is 0 Å². The second-order valence-electron chi connectivity index (χ2n) is 6.74. The number of hydrogen-bond acceptors (Lipinski definition) is 3. The van der Waals surface area contributed by atoms with Crippen molar-refractivity contribution in [2.24, 2.45) is 11.8 Å². The quantitative estimate of drug-likeness (QED) is 0.897. The highest BCUT2D eigenvalue weighted by molar-refractivity contribution is 5.34. The Labute approximate surface area is 121 Å². The van der Waals surface area contributed by atoms with Gasteiger partial charge >= 0.3 is 0 Å². The average Bonchev–Trinajstić information content (AvgIpc) is 3.01. The summed E-state index contributed by atoms with van der Waals surface area (Å²) in [5, 5.41) is 12.6. The number of benzene rings is 1. The first-order valence-electron chi connectivity index (χ1n) is 7.51. The number of hydrogen-bond donors (Lipinski definition) is 1. The van der Waals surface area contributed by atoms with Gasteiger partial charge in [-0.05, 0) is 56.8 Å². The minimum absolute atomic E-state index is 0.218. The van der Waals surface area contributed by atoms with Crippen LogP contribution in [0, 0.1) is 23.2 Å². The van der Waals surface area contributed by atoms with Crippen molar-refractivity contribution in [2.45, 2.75) is 32.4 Å². The SMILES string of the molecule is CC(c1cccc(C#N)c1)N1CC2CNCC2C1(C)C. The summed E-state index contributed by atoms with van der Waals surface area (Å²) in [5.41, 5.74) is 2.23. The lowest BCUT2D eigenvalue weighted by Gasteiger charge is -2.40. The molecule has 0 aliphatic carbocycles. The molecule has 20 heavy (non-hydrogen) atoms. The lowest BCUT2D eigenvalue weighted by Crippen LogP contribution is -2.45. The Kier molecular flexibility index (Phi) is 3.32. The monoisotopic (exact) mass is 269 g/mol. The molecule has 0 radical (unpaired) electrons. The summed E-state index contributed by atoms with van der Waals surface area (Å²) in [6.45, 7) is 10.5. The summed E-state index contributed by atoms with van der Waals surface area (Å²) in [7, 11) is 0. The van der Waals surface area contributed by atoms with Crippen LogP contribution < -0.4 is 5.32 Å². The normalized spacial score (nSPS) is 29.9. The maximum atomic E-state index is 9.07. The van der Waals surface area contributed by atoms with Crippen molar-refractivity contribution < 1.29 is 0 Å². The van der Waals surface area contributed by atoms with Gasteiger partial charge in [-0.15, -0.1) is 0 Å². The molecule has 0 saturated carbocycles. The summed E-state index contributed by atoms with van der Waals surface area (Å²) in [4.78, 5) is 2.62. The fraction of sp³-hybridized carbons (Fsp3) is 0.588. The van der Waals surface area contributed by atoms with Crippen molar-refractivity contribution in [1.82, 2.24) is 10.2 Å². The average molecular weight is 269 g/mol. The van der Waals surface area contributed by atoms with Gasteiger partial charge in [0.15, 0.2) is 0 Å². The first-order valence-corrected chi connectivity index (χ1v) is 7.51. The predicted molar refractivity (Wildman–Crippen MR) is 80.2 cm³/mol. The number of fused-ring (bicyclic) bond motifs is 1. The molecule has 1 N–H and O–H groups in total. The summed E-state index contributed by atoms with van der Waals surface area (Å²) in [5.74, 6) is 1.51. The molecule has 2 aliphatic heterocycles. The Bertz CT molecular complexity index is 543. The zero-order valence-corrected chi connectivity index (χ0v) is 12.6. The molecule has 0 amide bonds. The summed E-state index contributed by atoms with van der Waals surface area (Å²) in [6.07, 6.45) is 0. The fourth-order valence-electron chi connectivity index (χ4n) is 4.16.